The average Bonchev–Trinajstić information content (AvgIpc) is 2.46. The zero-order chi connectivity index (χ0) is 15.3. The second-order valence-electron chi connectivity index (χ2n) is 4.61. The van der Waals surface area contributed by atoms with E-state index in [-0.39, 0.29) is 5.75 Å². The molecule has 0 fully saturated rings. The van der Waals surface area contributed by atoms with E-state index < -0.39 is 22.0 Å². The van der Waals surface area contributed by atoms with Crippen molar-refractivity contribution in [3.63, 3.8) is 0 Å². The summed E-state index contributed by atoms with van der Waals surface area (Å²) in [7, 11) is -3.68. The van der Waals surface area contributed by atoms with Crippen LogP contribution in [0, 0.1) is 0 Å². The van der Waals surface area contributed by atoms with Crippen molar-refractivity contribution in [1.29, 1.82) is 0 Å². The van der Waals surface area contributed by atoms with Crippen LogP contribution in [0.15, 0.2) is 60.7 Å². The molecule has 110 valence electrons. The minimum atomic E-state index is -3.68. The molecule has 0 radical (unpaired) electrons. The molecule has 0 heterocycles. The summed E-state index contributed by atoms with van der Waals surface area (Å²) in [5.74, 6) is -0.942. The first-order valence-corrected chi connectivity index (χ1v) is 8.01. The second kappa shape index (κ2) is 6.51. The first kappa shape index (κ1) is 15.2. The van der Waals surface area contributed by atoms with Crippen LogP contribution < -0.4 is 10.5 Å². The molecule has 0 aliphatic rings. The Morgan fingerprint density at radius 2 is 1.52 bits per heavy atom. The normalized spacial score (nSPS) is 12.8. The molecule has 0 unspecified atom stereocenters. The number of benzene rings is 2. The standard InChI is InChI=1S/C15H16N2O3S/c16-15(18)14(13-9-5-2-6-10-13)17-21(19,20)11-12-7-3-1-4-8-12/h1-10,14,17H,11H2,(H2,16,18)/t14-/m1/s1. The first-order valence-electron chi connectivity index (χ1n) is 6.36. The Kier molecular flexibility index (Phi) is 4.72. The number of primary amides is 1. The lowest BCUT2D eigenvalue weighted by atomic mass is 10.1. The van der Waals surface area contributed by atoms with Gasteiger partial charge in [-0.05, 0) is 11.1 Å². The van der Waals surface area contributed by atoms with Crippen molar-refractivity contribution in [2.24, 2.45) is 5.73 Å². The molecule has 0 bridgehead atoms. The summed E-state index contributed by atoms with van der Waals surface area (Å²) in [4.78, 5) is 11.5. The third-order valence-electron chi connectivity index (χ3n) is 2.91. The lowest BCUT2D eigenvalue weighted by molar-refractivity contribution is -0.119. The molecule has 2 aromatic rings. The third-order valence-corrected chi connectivity index (χ3v) is 4.22. The molecule has 6 heteroatoms. The molecule has 1 atom stereocenters. The van der Waals surface area contributed by atoms with Gasteiger partial charge in [0, 0.05) is 0 Å². The summed E-state index contributed by atoms with van der Waals surface area (Å²) in [6, 6.07) is 16.2. The van der Waals surface area contributed by atoms with E-state index in [0.29, 0.717) is 11.1 Å². The summed E-state index contributed by atoms with van der Waals surface area (Å²) in [5, 5.41) is 0. The number of carbonyl (C=O) groups is 1. The minimum absolute atomic E-state index is 0.204. The summed E-state index contributed by atoms with van der Waals surface area (Å²) in [5.41, 5.74) is 6.46. The molecule has 0 spiro atoms. The van der Waals surface area contributed by atoms with Crippen molar-refractivity contribution in [3.8, 4) is 0 Å². The highest BCUT2D eigenvalue weighted by molar-refractivity contribution is 7.88. The van der Waals surface area contributed by atoms with Crippen molar-refractivity contribution in [3.05, 3.63) is 71.8 Å². The van der Waals surface area contributed by atoms with Crippen molar-refractivity contribution in [2.45, 2.75) is 11.8 Å². The van der Waals surface area contributed by atoms with Gasteiger partial charge in [-0.3, -0.25) is 4.79 Å². The Morgan fingerprint density at radius 1 is 1.00 bits per heavy atom. The molecule has 1 amide bonds. The second-order valence-corrected chi connectivity index (χ2v) is 6.36. The van der Waals surface area contributed by atoms with E-state index in [0.717, 1.165) is 0 Å². The van der Waals surface area contributed by atoms with Gasteiger partial charge in [0.1, 0.15) is 6.04 Å². The molecule has 3 N–H and O–H groups in total. The highest BCUT2D eigenvalue weighted by atomic mass is 32.2. The van der Waals surface area contributed by atoms with Crippen molar-refractivity contribution in [2.75, 3.05) is 0 Å². The smallest absolute Gasteiger partial charge is 0.240 e. The molecule has 0 saturated heterocycles. The molecule has 0 aliphatic heterocycles. The van der Waals surface area contributed by atoms with E-state index in [9.17, 15) is 13.2 Å². The topological polar surface area (TPSA) is 89.3 Å². The summed E-state index contributed by atoms with van der Waals surface area (Å²) in [6.07, 6.45) is 0. The van der Waals surface area contributed by atoms with E-state index in [1.54, 1.807) is 60.7 Å². The van der Waals surface area contributed by atoms with E-state index in [2.05, 4.69) is 4.72 Å². The SMILES string of the molecule is NC(=O)[C@H](NS(=O)(=O)Cc1ccccc1)c1ccccc1. The van der Waals surface area contributed by atoms with Gasteiger partial charge in [0.25, 0.3) is 0 Å². The molecular weight excluding hydrogens is 288 g/mol. The van der Waals surface area contributed by atoms with Crippen LogP contribution in [0.1, 0.15) is 17.2 Å². The Labute approximate surface area is 123 Å². The van der Waals surface area contributed by atoms with Crippen LogP contribution in [0.2, 0.25) is 0 Å². The lowest BCUT2D eigenvalue weighted by Crippen LogP contribution is -2.38. The maximum Gasteiger partial charge on any atom is 0.240 e. The Bertz CT molecular complexity index is 700. The average molecular weight is 304 g/mol. The molecular formula is C15H16N2O3S. The molecule has 0 saturated carbocycles. The zero-order valence-electron chi connectivity index (χ0n) is 11.3. The number of sulfonamides is 1. The van der Waals surface area contributed by atoms with Crippen LogP contribution in [0.5, 0.6) is 0 Å². The van der Waals surface area contributed by atoms with Gasteiger partial charge >= 0.3 is 0 Å². The van der Waals surface area contributed by atoms with Gasteiger partial charge < -0.3 is 5.73 Å². The lowest BCUT2D eigenvalue weighted by Gasteiger charge is -2.16. The van der Waals surface area contributed by atoms with Gasteiger partial charge in [0.15, 0.2) is 0 Å². The van der Waals surface area contributed by atoms with Crippen LogP contribution in [0.25, 0.3) is 0 Å². The van der Waals surface area contributed by atoms with Gasteiger partial charge in [0.2, 0.25) is 15.9 Å². The number of hydrogen-bond acceptors (Lipinski definition) is 3. The van der Waals surface area contributed by atoms with Crippen LogP contribution in [0.3, 0.4) is 0 Å². The number of hydrogen-bond donors (Lipinski definition) is 2. The van der Waals surface area contributed by atoms with Gasteiger partial charge in [-0.15, -0.1) is 0 Å². The third kappa shape index (κ3) is 4.40. The Morgan fingerprint density at radius 3 is 2.05 bits per heavy atom. The summed E-state index contributed by atoms with van der Waals surface area (Å²) < 4.78 is 26.7. The van der Waals surface area contributed by atoms with Gasteiger partial charge in [-0.2, -0.15) is 4.72 Å². The predicted octanol–water partition coefficient (Wildman–Crippen LogP) is 1.33. The molecule has 0 aromatic heterocycles. The summed E-state index contributed by atoms with van der Waals surface area (Å²) >= 11 is 0. The largest absolute Gasteiger partial charge is 0.368 e. The molecule has 5 nitrogen and oxygen atoms in total. The molecule has 21 heavy (non-hydrogen) atoms. The highest BCUT2D eigenvalue weighted by Crippen LogP contribution is 2.15. The van der Waals surface area contributed by atoms with E-state index in [1.807, 2.05) is 0 Å². The highest BCUT2D eigenvalue weighted by Gasteiger charge is 2.24. The fourth-order valence-electron chi connectivity index (χ4n) is 1.95. The van der Waals surface area contributed by atoms with Crippen molar-refractivity contribution >= 4 is 15.9 Å². The quantitative estimate of drug-likeness (QED) is 0.843. The number of amides is 1. The molecule has 0 aliphatic carbocycles. The maximum absolute atomic E-state index is 12.2. The fourth-order valence-corrected chi connectivity index (χ4v) is 3.28. The Balaban J connectivity index is 2.19. The van der Waals surface area contributed by atoms with Crippen LogP contribution >= 0.6 is 0 Å². The summed E-state index contributed by atoms with van der Waals surface area (Å²) in [6.45, 7) is 0. The van der Waals surface area contributed by atoms with Crippen molar-refractivity contribution < 1.29 is 13.2 Å². The zero-order valence-corrected chi connectivity index (χ0v) is 12.1. The number of nitrogens with two attached hydrogens (primary N) is 1. The predicted molar refractivity (Wildman–Crippen MR) is 80.6 cm³/mol. The van der Waals surface area contributed by atoms with E-state index in [1.165, 1.54) is 0 Å². The fraction of sp³-hybridized carbons (Fsp3) is 0.133. The van der Waals surface area contributed by atoms with Crippen LogP contribution in [0.4, 0.5) is 0 Å². The number of carbonyl (C=O) groups excluding carboxylic acids is 1. The van der Waals surface area contributed by atoms with Crippen molar-refractivity contribution in [1.82, 2.24) is 4.72 Å². The van der Waals surface area contributed by atoms with Crippen LogP contribution in [-0.2, 0) is 20.6 Å². The number of rotatable bonds is 6. The Hall–Kier alpha value is -2.18. The number of nitrogens with one attached hydrogen (secondary N) is 1. The van der Waals surface area contributed by atoms with Crippen LogP contribution in [-0.4, -0.2) is 14.3 Å². The molecule has 2 aromatic carbocycles. The van der Waals surface area contributed by atoms with Gasteiger partial charge in [0.05, 0.1) is 5.75 Å². The monoisotopic (exact) mass is 304 g/mol. The van der Waals surface area contributed by atoms with Gasteiger partial charge in [-0.25, -0.2) is 8.42 Å². The van der Waals surface area contributed by atoms with E-state index in [4.69, 9.17) is 5.73 Å². The van der Waals surface area contributed by atoms with E-state index >= 15 is 0 Å². The minimum Gasteiger partial charge on any atom is -0.368 e. The molecule has 2 rings (SSSR count). The maximum atomic E-state index is 12.2. The van der Waals surface area contributed by atoms with Gasteiger partial charge in [-0.1, -0.05) is 60.7 Å². The first-order chi connectivity index (χ1) is 9.98.